The predicted octanol–water partition coefficient (Wildman–Crippen LogP) is 3.17. The van der Waals surface area contributed by atoms with Gasteiger partial charge in [0.05, 0.1) is 33.5 Å². The zero-order chi connectivity index (χ0) is 40.2. The Labute approximate surface area is 338 Å². The molecule has 0 bridgehead atoms. The summed E-state index contributed by atoms with van der Waals surface area (Å²) >= 11 is 6.14. The summed E-state index contributed by atoms with van der Waals surface area (Å²) in [5, 5.41) is 23.4. The van der Waals surface area contributed by atoms with Gasteiger partial charge in [-0.2, -0.15) is 5.26 Å². The van der Waals surface area contributed by atoms with Crippen LogP contribution in [0.25, 0.3) is 0 Å². The molecular formula is C41H41ClFN9O6. The van der Waals surface area contributed by atoms with E-state index in [1.165, 1.54) is 6.07 Å². The highest BCUT2D eigenvalue weighted by molar-refractivity contribution is 6.31. The number of nitrogens with one attached hydrogen (secondary N) is 2. The molecule has 5 heterocycles. The Bertz CT molecular complexity index is 2230. The smallest absolute Gasteiger partial charge is 0.272 e. The third-order valence-electron chi connectivity index (χ3n) is 12.6. The Morgan fingerprint density at radius 1 is 0.914 bits per heavy atom. The number of carbonyl (C=O) groups is 5. The quantitative estimate of drug-likeness (QED) is 0.302. The third kappa shape index (κ3) is 7.21. The molecule has 58 heavy (non-hydrogen) atoms. The minimum absolute atomic E-state index is 0.00726. The molecule has 4 atom stereocenters. The Balaban J connectivity index is 0.712. The highest BCUT2D eigenvalue weighted by Crippen LogP contribution is 2.52. The van der Waals surface area contributed by atoms with E-state index in [4.69, 9.17) is 21.6 Å². The van der Waals surface area contributed by atoms with Crippen LogP contribution >= 0.6 is 11.6 Å². The van der Waals surface area contributed by atoms with E-state index in [0.717, 1.165) is 75.2 Å². The van der Waals surface area contributed by atoms with Crippen molar-refractivity contribution >= 4 is 52.6 Å². The minimum Gasteiger partial charge on any atom is -0.490 e. The highest BCUT2D eigenvalue weighted by atomic mass is 35.5. The number of benzene rings is 2. The van der Waals surface area contributed by atoms with Gasteiger partial charge in [-0.05, 0) is 86.3 Å². The molecule has 15 nitrogen and oxygen atoms in total. The van der Waals surface area contributed by atoms with Crippen molar-refractivity contribution in [3.05, 3.63) is 75.7 Å². The highest BCUT2D eigenvalue weighted by Gasteiger charge is 2.56. The van der Waals surface area contributed by atoms with Gasteiger partial charge in [-0.3, -0.25) is 39.1 Å². The number of hydrogen-bond acceptors (Lipinski definition) is 12. The predicted molar refractivity (Wildman–Crippen MR) is 207 cm³/mol. The molecular weight excluding hydrogens is 769 g/mol. The topological polar surface area (TPSA) is 181 Å². The lowest BCUT2D eigenvalue weighted by atomic mass is 9.93. The first-order valence-electron chi connectivity index (χ1n) is 19.8. The molecule has 1 aromatic heterocycles. The summed E-state index contributed by atoms with van der Waals surface area (Å²) in [6.45, 7) is 5.26. The van der Waals surface area contributed by atoms with Crippen LogP contribution in [0.4, 0.5) is 15.9 Å². The lowest BCUT2D eigenvalue weighted by Gasteiger charge is -2.36. The number of hydrogen-bond donors (Lipinski definition) is 2. The van der Waals surface area contributed by atoms with E-state index in [0.29, 0.717) is 47.2 Å². The average molecular weight is 810 g/mol. The van der Waals surface area contributed by atoms with Gasteiger partial charge in [0.15, 0.2) is 11.5 Å². The Morgan fingerprint density at radius 3 is 2.29 bits per heavy atom. The second kappa shape index (κ2) is 15.3. The second-order valence-corrected chi connectivity index (χ2v) is 16.5. The zero-order valence-electron chi connectivity index (χ0n) is 31.5. The van der Waals surface area contributed by atoms with E-state index in [1.807, 2.05) is 17.0 Å². The number of aromatic nitrogens is 2. The number of halogens is 2. The van der Waals surface area contributed by atoms with Crippen LogP contribution in [0.3, 0.4) is 0 Å². The van der Waals surface area contributed by atoms with Gasteiger partial charge in [0.2, 0.25) is 11.8 Å². The van der Waals surface area contributed by atoms with Crippen LogP contribution in [0.2, 0.25) is 5.02 Å². The number of nitriles is 1. The van der Waals surface area contributed by atoms with E-state index in [9.17, 15) is 24.0 Å². The fraction of sp³-hybridized carbons (Fsp3) is 0.463. The van der Waals surface area contributed by atoms with E-state index < -0.39 is 35.5 Å². The van der Waals surface area contributed by atoms with E-state index >= 15 is 4.39 Å². The largest absolute Gasteiger partial charge is 0.490 e. The molecule has 2 aromatic carbocycles. The minimum atomic E-state index is -1.10. The Kier molecular flexibility index (Phi) is 9.97. The summed E-state index contributed by atoms with van der Waals surface area (Å²) in [6.07, 6.45) is 3.16. The maximum atomic E-state index is 15.4. The van der Waals surface area contributed by atoms with Crippen molar-refractivity contribution in [2.45, 2.75) is 56.7 Å². The maximum Gasteiger partial charge on any atom is 0.272 e. The normalized spacial score (nSPS) is 26.9. The fourth-order valence-electron chi connectivity index (χ4n) is 9.35. The van der Waals surface area contributed by atoms with E-state index in [1.54, 1.807) is 24.3 Å². The molecule has 9 rings (SSSR count). The van der Waals surface area contributed by atoms with Crippen molar-refractivity contribution in [2.75, 3.05) is 55.6 Å². The molecule has 300 valence electrons. The number of fused-ring (bicyclic) bond motifs is 2. The van der Waals surface area contributed by atoms with Crippen LogP contribution in [0.5, 0.6) is 5.75 Å². The molecule has 3 aromatic rings. The Hall–Kier alpha value is -5.66. The molecule has 2 N–H and O–H groups in total. The molecule has 5 amide bonds. The van der Waals surface area contributed by atoms with Gasteiger partial charge in [-0.25, -0.2) is 4.39 Å². The van der Waals surface area contributed by atoms with Crippen molar-refractivity contribution in [1.29, 1.82) is 5.26 Å². The van der Waals surface area contributed by atoms with Crippen LogP contribution < -0.4 is 25.2 Å². The second-order valence-electron chi connectivity index (χ2n) is 16.1. The van der Waals surface area contributed by atoms with Crippen molar-refractivity contribution < 1.29 is 33.1 Å². The van der Waals surface area contributed by atoms with E-state index in [-0.39, 0.29) is 53.4 Å². The number of ether oxygens (including phenoxy) is 1. The first-order valence-corrected chi connectivity index (χ1v) is 20.2. The van der Waals surface area contributed by atoms with Gasteiger partial charge in [0.1, 0.15) is 23.7 Å². The summed E-state index contributed by atoms with van der Waals surface area (Å²) in [4.78, 5) is 70.8. The van der Waals surface area contributed by atoms with Crippen molar-refractivity contribution in [1.82, 2.24) is 30.6 Å². The van der Waals surface area contributed by atoms with E-state index in [2.05, 4.69) is 30.6 Å². The number of nitrogens with zero attached hydrogens (tertiary/aromatic N) is 7. The molecule has 2 unspecified atom stereocenters. The first-order chi connectivity index (χ1) is 28.0. The third-order valence-corrected chi connectivity index (χ3v) is 13.0. The number of rotatable bonds is 9. The molecule has 0 spiro atoms. The maximum absolute atomic E-state index is 15.4. The fourth-order valence-corrected chi connectivity index (χ4v) is 9.56. The van der Waals surface area contributed by atoms with Gasteiger partial charge in [0, 0.05) is 64.3 Å². The summed E-state index contributed by atoms with van der Waals surface area (Å²) in [7, 11) is 0. The number of anilines is 2. The average Bonchev–Trinajstić information content (AvgIpc) is 3.52. The van der Waals surface area contributed by atoms with Gasteiger partial charge in [-0.15, -0.1) is 10.2 Å². The van der Waals surface area contributed by atoms with Crippen LogP contribution in [0.1, 0.15) is 75.3 Å². The molecule has 2 saturated carbocycles. The van der Waals surface area contributed by atoms with Gasteiger partial charge < -0.3 is 19.9 Å². The molecule has 3 saturated heterocycles. The summed E-state index contributed by atoms with van der Waals surface area (Å²) < 4.78 is 21.5. The number of carbonyl (C=O) groups excluding carboxylic acids is 5. The van der Waals surface area contributed by atoms with Crippen LogP contribution in [-0.4, -0.2) is 114 Å². The van der Waals surface area contributed by atoms with Crippen LogP contribution in [-0.2, 0) is 9.59 Å². The first kappa shape index (κ1) is 37.9. The standard InChI is InChI=1S/C41H41ClFN9O6/c42-31-15-25(4-1-22(31)18-44)58-24-5-2-23(3-6-24)45-38(54)33-7-9-36(48-47-33)51-20-29-28(30(29)21-51)19-49-11-13-50(14-12-49)35-17-27-26(16-32(35)43)40(56)52(41(27)57)34-8-10-37(53)46-39(34)55/h1,4,7,9,15-17,23-24,28-30,34H,2-3,5-6,8,10-14,19-21H2,(H,45,54)(H,46,53,55)/t23?,24?,28?,29-,30+,34?. The molecule has 2 aliphatic carbocycles. The molecule has 0 radical (unpaired) electrons. The SMILES string of the molecule is N#Cc1ccc(OC2CCC(NC(=O)c3ccc(N4C[C@@H]5C(CN6CCN(c7cc8c(cc7F)C(=O)N(C7CCC(=O)NC7=O)C8=O)CC6)[C@@H]5C4)nn3)CC2)cc1Cl. The number of imide groups is 2. The lowest BCUT2D eigenvalue weighted by Crippen LogP contribution is -2.54. The van der Waals surface area contributed by atoms with Crippen molar-refractivity contribution in [3.63, 3.8) is 0 Å². The monoisotopic (exact) mass is 809 g/mol. The number of amides is 5. The molecule has 6 aliphatic rings. The molecule has 17 heteroatoms. The number of piperazine rings is 1. The van der Waals surface area contributed by atoms with Crippen molar-refractivity contribution in [3.8, 4) is 11.8 Å². The summed E-state index contributed by atoms with van der Waals surface area (Å²) in [6, 6.07) is 12.1. The molecule has 5 fully saturated rings. The van der Waals surface area contributed by atoms with Gasteiger partial charge >= 0.3 is 0 Å². The molecule has 4 aliphatic heterocycles. The van der Waals surface area contributed by atoms with Crippen molar-refractivity contribution in [2.24, 2.45) is 17.8 Å². The summed E-state index contributed by atoms with van der Waals surface area (Å²) in [5.74, 6) is -0.341. The van der Waals surface area contributed by atoms with Gasteiger partial charge in [-0.1, -0.05) is 11.6 Å². The van der Waals surface area contributed by atoms with Crippen LogP contribution in [0, 0.1) is 34.9 Å². The lowest BCUT2D eigenvalue weighted by molar-refractivity contribution is -0.136. The van der Waals surface area contributed by atoms with Crippen LogP contribution in [0.15, 0.2) is 42.5 Å². The summed E-state index contributed by atoms with van der Waals surface area (Å²) in [5.41, 5.74) is 0.950. The number of piperidine rings is 2. The zero-order valence-corrected chi connectivity index (χ0v) is 32.3. The van der Waals surface area contributed by atoms with Gasteiger partial charge in [0.25, 0.3) is 17.7 Å². The Morgan fingerprint density at radius 2 is 1.64 bits per heavy atom.